The topological polar surface area (TPSA) is 44.5 Å². The van der Waals surface area contributed by atoms with Gasteiger partial charge in [-0.1, -0.05) is 12.2 Å². The first-order valence-corrected chi connectivity index (χ1v) is 5.79. The number of hydrogen-bond donors (Lipinski definition) is 1. The van der Waals surface area contributed by atoms with Gasteiger partial charge in [-0.15, -0.1) is 0 Å². The van der Waals surface area contributed by atoms with Crippen LogP contribution in [0.5, 0.6) is 5.75 Å². The van der Waals surface area contributed by atoms with Crippen LogP contribution in [0.4, 0.5) is 4.39 Å². The fraction of sp³-hybridized carbons (Fsp3) is 0.417. The first-order chi connectivity index (χ1) is 8.04. The molecule has 0 saturated heterocycles. The van der Waals surface area contributed by atoms with Gasteiger partial charge in [0, 0.05) is 6.61 Å². The maximum atomic E-state index is 13.1. The Kier molecular flexibility index (Phi) is 5.31. The highest BCUT2D eigenvalue weighted by molar-refractivity contribution is 7.80. The Balaban J connectivity index is 2.79. The molecular weight excluding hydrogens is 241 g/mol. The Bertz CT molecular complexity index is 398. The summed E-state index contributed by atoms with van der Waals surface area (Å²) in [6.07, 6.45) is -0.145. The molecule has 0 saturated carbocycles. The smallest absolute Gasteiger partial charge is 0.130 e. The van der Waals surface area contributed by atoms with E-state index in [1.807, 2.05) is 13.8 Å². The summed E-state index contributed by atoms with van der Waals surface area (Å²) in [4.78, 5) is 0.114. The van der Waals surface area contributed by atoms with Crippen LogP contribution in [0.15, 0.2) is 18.2 Å². The third kappa shape index (κ3) is 4.28. The molecule has 3 nitrogen and oxygen atoms in total. The number of nitrogens with two attached hydrogens (primary N) is 1. The van der Waals surface area contributed by atoms with Crippen molar-refractivity contribution < 1.29 is 13.9 Å². The van der Waals surface area contributed by atoms with Crippen molar-refractivity contribution in [3.05, 3.63) is 29.6 Å². The van der Waals surface area contributed by atoms with Gasteiger partial charge in [-0.05, 0) is 32.0 Å². The van der Waals surface area contributed by atoms with Crippen molar-refractivity contribution in [2.24, 2.45) is 5.73 Å². The third-order valence-electron chi connectivity index (χ3n) is 2.09. The lowest BCUT2D eigenvalue weighted by molar-refractivity contribution is 0.0656. The molecule has 0 fully saturated rings. The largest absolute Gasteiger partial charge is 0.488 e. The lowest BCUT2D eigenvalue weighted by Gasteiger charge is -2.16. The molecule has 2 N–H and O–H groups in total. The molecule has 17 heavy (non-hydrogen) atoms. The van der Waals surface area contributed by atoms with E-state index in [0.717, 1.165) is 0 Å². The molecular formula is C12H16FNO2S. The molecule has 1 aromatic rings. The zero-order chi connectivity index (χ0) is 12.8. The van der Waals surface area contributed by atoms with Crippen molar-refractivity contribution in [3.63, 3.8) is 0 Å². The van der Waals surface area contributed by atoms with Crippen LogP contribution in [0, 0.1) is 5.82 Å². The minimum absolute atomic E-state index is 0.114. The van der Waals surface area contributed by atoms with E-state index in [-0.39, 0.29) is 11.1 Å². The van der Waals surface area contributed by atoms with Crippen molar-refractivity contribution in [3.8, 4) is 5.75 Å². The lowest BCUT2D eigenvalue weighted by atomic mass is 10.2. The summed E-state index contributed by atoms with van der Waals surface area (Å²) in [5, 5.41) is 0. The van der Waals surface area contributed by atoms with Crippen LogP contribution in [-0.2, 0) is 4.74 Å². The molecule has 1 atom stereocenters. The number of halogens is 1. The summed E-state index contributed by atoms with van der Waals surface area (Å²) in [5.41, 5.74) is 5.92. The highest BCUT2D eigenvalue weighted by Crippen LogP contribution is 2.21. The number of rotatable bonds is 6. The summed E-state index contributed by atoms with van der Waals surface area (Å²) in [6, 6.07) is 4.10. The number of hydrogen-bond acceptors (Lipinski definition) is 3. The summed E-state index contributed by atoms with van der Waals surface area (Å²) < 4.78 is 23.9. The monoisotopic (exact) mass is 257 g/mol. The molecule has 0 heterocycles. The maximum Gasteiger partial charge on any atom is 0.130 e. The van der Waals surface area contributed by atoms with Gasteiger partial charge in [-0.3, -0.25) is 0 Å². The number of benzene rings is 1. The van der Waals surface area contributed by atoms with Crippen molar-refractivity contribution in [1.29, 1.82) is 0 Å². The van der Waals surface area contributed by atoms with Gasteiger partial charge in [0.2, 0.25) is 0 Å². The first kappa shape index (κ1) is 13.9. The van der Waals surface area contributed by atoms with Crippen LogP contribution in [-0.4, -0.2) is 24.3 Å². The zero-order valence-electron chi connectivity index (χ0n) is 9.90. The van der Waals surface area contributed by atoms with Crippen molar-refractivity contribution in [2.45, 2.75) is 20.0 Å². The van der Waals surface area contributed by atoms with E-state index in [1.165, 1.54) is 18.2 Å². The van der Waals surface area contributed by atoms with Crippen LogP contribution in [0.1, 0.15) is 19.4 Å². The number of thiocarbonyl (C=S) groups is 1. The van der Waals surface area contributed by atoms with Gasteiger partial charge in [0.05, 0.1) is 12.2 Å². The van der Waals surface area contributed by atoms with Crippen LogP contribution in [0.3, 0.4) is 0 Å². The second kappa shape index (κ2) is 6.51. The molecule has 0 aromatic heterocycles. The SMILES string of the molecule is CCOCC(C)Oc1ccc(F)cc1C(N)=S. The van der Waals surface area contributed by atoms with Gasteiger partial charge < -0.3 is 15.2 Å². The molecule has 94 valence electrons. The van der Waals surface area contributed by atoms with Gasteiger partial charge in [-0.25, -0.2) is 4.39 Å². The molecule has 1 unspecified atom stereocenters. The second-order valence-electron chi connectivity index (χ2n) is 3.59. The molecule has 5 heteroatoms. The molecule has 0 aliphatic heterocycles. The molecule has 1 rings (SSSR count). The highest BCUT2D eigenvalue weighted by atomic mass is 32.1. The Morgan fingerprint density at radius 3 is 2.82 bits per heavy atom. The molecule has 0 aliphatic rings. The maximum absolute atomic E-state index is 13.1. The summed E-state index contributed by atoms with van der Waals surface area (Å²) in [7, 11) is 0. The van der Waals surface area contributed by atoms with E-state index in [9.17, 15) is 4.39 Å². The highest BCUT2D eigenvalue weighted by Gasteiger charge is 2.11. The van der Waals surface area contributed by atoms with Crippen molar-refractivity contribution in [2.75, 3.05) is 13.2 Å². The number of ether oxygens (including phenoxy) is 2. The van der Waals surface area contributed by atoms with E-state index in [2.05, 4.69) is 0 Å². The molecule has 0 aliphatic carbocycles. The van der Waals surface area contributed by atoms with E-state index in [4.69, 9.17) is 27.4 Å². The second-order valence-corrected chi connectivity index (χ2v) is 4.03. The van der Waals surface area contributed by atoms with Crippen LogP contribution in [0.25, 0.3) is 0 Å². The molecule has 0 spiro atoms. The van der Waals surface area contributed by atoms with E-state index >= 15 is 0 Å². The quantitative estimate of drug-likeness (QED) is 0.794. The van der Waals surface area contributed by atoms with Gasteiger partial charge in [-0.2, -0.15) is 0 Å². The summed E-state index contributed by atoms with van der Waals surface area (Å²) in [6.45, 7) is 4.86. The fourth-order valence-electron chi connectivity index (χ4n) is 1.33. The van der Waals surface area contributed by atoms with Crippen molar-refractivity contribution in [1.82, 2.24) is 0 Å². The van der Waals surface area contributed by atoms with Gasteiger partial charge >= 0.3 is 0 Å². The Morgan fingerprint density at radius 1 is 1.53 bits per heavy atom. The first-order valence-electron chi connectivity index (χ1n) is 5.38. The Labute approximate surface area is 106 Å². The van der Waals surface area contributed by atoms with E-state index < -0.39 is 5.82 Å². The van der Waals surface area contributed by atoms with Crippen LogP contribution < -0.4 is 10.5 Å². The molecule has 0 bridgehead atoms. The Hall–Kier alpha value is -1.20. The molecule has 1 aromatic carbocycles. The van der Waals surface area contributed by atoms with Gasteiger partial charge in [0.1, 0.15) is 22.7 Å². The van der Waals surface area contributed by atoms with Crippen molar-refractivity contribution >= 4 is 17.2 Å². The molecule has 0 amide bonds. The standard InChI is InChI=1S/C12H16FNO2S/c1-3-15-7-8(2)16-11-5-4-9(13)6-10(11)12(14)17/h4-6,8H,3,7H2,1-2H3,(H2,14,17). The van der Waals surface area contributed by atoms with Gasteiger partial charge in [0.25, 0.3) is 0 Å². The predicted octanol–water partition coefficient (Wildman–Crippen LogP) is 2.26. The minimum atomic E-state index is -0.391. The minimum Gasteiger partial charge on any atom is -0.488 e. The third-order valence-corrected chi connectivity index (χ3v) is 2.31. The molecule has 0 radical (unpaired) electrons. The lowest BCUT2D eigenvalue weighted by Crippen LogP contribution is -2.21. The van der Waals surface area contributed by atoms with Gasteiger partial charge in [0.15, 0.2) is 0 Å². The summed E-state index contributed by atoms with van der Waals surface area (Å²) >= 11 is 4.85. The zero-order valence-corrected chi connectivity index (χ0v) is 10.7. The van der Waals surface area contributed by atoms with Crippen LogP contribution in [0.2, 0.25) is 0 Å². The average molecular weight is 257 g/mol. The fourth-order valence-corrected chi connectivity index (χ4v) is 1.49. The normalized spacial score (nSPS) is 12.2. The Morgan fingerprint density at radius 2 is 2.24 bits per heavy atom. The van der Waals surface area contributed by atoms with E-state index in [0.29, 0.717) is 24.5 Å². The van der Waals surface area contributed by atoms with Crippen LogP contribution >= 0.6 is 12.2 Å². The predicted molar refractivity (Wildman–Crippen MR) is 68.9 cm³/mol. The summed E-state index contributed by atoms with van der Waals surface area (Å²) in [5.74, 6) is 0.0868. The van der Waals surface area contributed by atoms with E-state index in [1.54, 1.807) is 0 Å². The average Bonchev–Trinajstić information content (AvgIpc) is 2.28.